The van der Waals surface area contributed by atoms with Crippen molar-refractivity contribution in [2.75, 3.05) is 11.1 Å². The summed E-state index contributed by atoms with van der Waals surface area (Å²) in [6.45, 7) is 13.5. The van der Waals surface area contributed by atoms with E-state index in [-0.39, 0.29) is 30.3 Å². The number of fused-ring (bicyclic) bond motifs is 2. The fourth-order valence-corrected chi connectivity index (χ4v) is 4.79. The van der Waals surface area contributed by atoms with Crippen LogP contribution in [0.5, 0.6) is 0 Å². The van der Waals surface area contributed by atoms with Crippen molar-refractivity contribution >= 4 is 51.7 Å². The number of carbonyl (C=O) groups excluding carboxylic acids is 1. The predicted molar refractivity (Wildman–Crippen MR) is 181 cm³/mol. The fourth-order valence-electron chi connectivity index (χ4n) is 4.79. The lowest BCUT2D eigenvalue weighted by Gasteiger charge is -2.19. The molecule has 4 aromatic heterocycles. The van der Waals surface area contributed by atoms with Crippen LogP contribution in [0, 0.1) is 11.6 Å². The van der Waals surface area contributed by atoms with Crippen molar-refractivity contribution in [1.82, 2.24) is 29.5 Å². The summed E-state index contributed by atoms with van der Waals surface area (Å²) >= 11 is 0. The Morgan fingerprint density at radius 1 is 0.826 bits per heavy atom. The van der Waals surface area contributed by atoms with Crippen molar-refractivity contribution in [2.45, 2.75) is 66.2 Å². The van der Waals surface area contributed by atoms with Gasteiger partial charge in [0.2, 0.25) is 0 Å². The third kappa shape index (κ3) is 7.34. The summed E-state index contributed by atoms with van der Waals surface area (Å²) in [6, 6.07) is 7.15. The van der Waals surface area contributed by atoms with E-state index >= 15 is 0 Å². The van der Waals surface area contributed by atoms with E-state index < -0.39 is 17.5 Å². The van der Waals surface area contributed by atoms with Crippen LogP contribution < -0.4 is 11.1 Å². The molecule has 0 saturated heterocycles. The number of nitrogens with zero attached hydrogens (tertiary/aromatic N) is 4. The van der Waals surface area contributed by atoms with Gasteiger partial charge in [-0.3, -0.25) is 14.7 Å². The molecule has 2 aromatic carbocycles. The first-order chi connectivity index (χ1) is 21.2. The van der Waals surface area contributed by atoms with Crippen LogP contribution in [0.1, 0.15) is 60.5 Å². The zero-order valence-corrected chi connectivity index (χ0v) is 27.6. The summed E-state index contributed by atoms with van der Waals surface area (Å²) in [5.41, 5.74) is 10.2. The number of benzene rings is 2. The molecule has 10 nitrogen and oxygen atoms in total. The summed E-state index contributed by atoms with van der Waals surface area (Å²) in [5.74, 6) is -0.700. The molecule has 0 saturated carbocycles. The smallest absolute Gasteiger partial charge is 0.412 e. The second kappa shape index (κ2) is 13.3. The van der Waals surface area contributed by atoms with E-state index in [1.54, 1.807) is 45.6 Å². The Hall–Kier alpha value is -4.84. The minimum Gasteiger partial charge on any atom is -0.444 e. The van der Waals surface area contributed by atoms with Crippen LogP contribution in [0.25, 0.3) is 44.1 Å². The Bertz CT molecular complexity index is 1980. The van der Waals surface area contributed by atoms with Gasteiger partial charge in [0, 0.05) is 58.8 Å². The highest BCUT2D eigenvalue weighted by Gasteiger charge is 2.19. The molecule has 1 amide bonds. The summed E-state index contributed by atoms with van der Waals surface area (Å²) in [4.78, 5) is 17.7. The lowest BCUT2D eigenvalue weighted by Crippen LogP contribution is -2.27. The average molecular weight is 653 g/mol. The minimum atomic E-state index is -0.613. The summed E-state index contributed by atoms with van der Waals surface area (Å²) in [5, 5.41) is 12.5. The fraction of sp³-hybridized carbons (Fsp3) is 0.303. The minimum absolute atomic E-state index is 0. The molecule has 13 heteroatoms. The molecule has 0 fully saturated rings. The highest BCUT2D eigenvalue weighted by molar-refractivity contribution is 6.01. The molecule has 0 aliphatic heterocycles. The lowest BCUT2D eigenvalue weighted by molar-refractivity contribution is 0.0636. The van der Waals surface area contributed by atoms with Gasteiger partial charge < -0.3 is 20.4 Å². The van der Waals surface area contributed by atoms with Gasteiger partial charge in [-0.15, -0.1) is 12.4 Å². The molecule has 0 aliphatic rings. The Balaban J connectivity index is 0.000000213. The van der Waals surface area contributed by atoms with E-state index in [0.717, 1.165) is 16.7 Å². The SMILES string of the molecule is CC(C)n1cc(-c2cc(F)c3[nH]cc(N)c3c2)cn1.CC(C)n1cc(-c2cc(F)c3[nH]cc(NC(=O)OC(C)(C)C)c3c2)cn1.Cl. The number of nitrogen functional groups attached to an aromatic ring is 1. The molecule has 0 aliphatic carbocycles. The number of hydrogen-bond donors (Lipinski definition) is 4. The Labute approximate surface area is 271 Å². The summed E-state index contributed by atoms with van der Waals surface area (Å²) in [7, 11) is 0. The first kappa shape index (κ1) is 34.0. The first-order valence-corrected chi connectivity index (χ1v) is 14.7. The van der Waals surface area contributed by atoms with Gasteiger partial charge in [-0.2, -0.15) is 10.2 Å². The van der Waals surface area contributed by atoms with Gasteiger partial charge in [0.05, 0.1) is 34.8 Å². The molecular formula is C33H39ClF2N8O2. The second-order valence-corrected chi connectivity index (χ2v) is 12.4. The second-order valence-electron chi connectivity index (χ2n) is 12.4. The average Bonchev–Trinajstić information content (AvgIpc) is 3.75. The van der Waals surface area contributed by atoms with Gasteiger partial charge >= 0.3 is 6.09 Å². The highest BCUT2D eigenvalue weighted by Crippen LogP contribution is 2.32. The van der Waals surface area contributed by atoms with Crippen LogP contribution in [0.3, 0.4) is 0 Å². The van der Waals surface area contributed by atoms with Crippen LogP contribution >= 0.6 is 12.4 Å². The molecule has 0 radical (unpaired) electrons. The van der Waals surface area contributed by atoms with Gasteiger partial charge in [0.15, 0.2) is 0 Å². The molecule has 0 bridgehead atoms. The summed E-state index contributed by atoms with van der Waals surface area (Å²) in [6.07, 6.45) is 9.80. The van der Waals surface area contributed by atoms with E-state index in [9.17, 15) is 13.6 Å². The Kier molecular flexibility index (Phi) is 9.81. The normalized spacial score (nSPS) is 11.5. The quantitative estimate of drug-likeness (QED) is 0.148. The molecule has 6 rings (SSSR count). The van der Waals surface area contributed by atoms with Crippen molar-refractivity contribution < 1.29 is 18.3 Å². The van der Waals surface area contributed by atoms with Crippen molar-refractivity contribution in [3.63, 3.8) is 0 Å². The molecule has 6 aromatic rings. The van der Waals surface area contributed by atoms with E-state index in [4.69, 9.17) is 10.5 Å². The van der Waals surface area contributed by atoms with Crippen molar-refractivity contribution in [2.24, 2.45) is 0 Å². The largest absolute Gasteiger partial charge is 0.444 e. The maximum atomic E-state index is 14.5. The van der Waals surface area contributed by atoms with Crippen LogP contribution in [-0.4, -0.2) is 41.2 Å². The van der Waals surface area contributed by atoms with Gasteiger partial charge in [-0.25, -0.2) is 13.6 Å². The van der Waals surface area contributed by atoms with Gasteiger partial charge in [-0.1, -0.05) is 0 Å². The standard InChI is InChI=1S/C19H23FN4O2.C14H15FN4.ClH/c1-11(2)24-10-13(8-22-24)12-6-14-16(9-21-17(14)15(20)7-12)23-18(25)26-19(3,4)5;1-8(2)19-7-10(5-18-19)9-3-11-13(16)6-17-14(11)12(15)4-9;/h6-11,21H,1-5H3,(H,23,25);3-8,17H,16H2,1-2H3;1H. The van der Waals surface area contributed by atoms with Crippen molar-refractivity contribution in [1.29, 1.82) is 0 Å². The molecule has 0 atom stereocenters. The number of rotatable bonds is 5. The number of anilines is 2. The lowest BCUT2D eigenvalue weighted by atomic mass is 10.1. The zero-order chi connectivity index (χ0) is 32.6. The number of aromatic amines is 2. The maximum absolute atomic E-state index is 14.5. The predicted octanol–water partition coefficient (Wildman–Crippen LogP) is 8.85. The van der Waals surface area contributed by atoms with E-state index in [1.807, 2.05) is 61.6 Å². The number of H-pyrrole nitrogens is 2. The number of carbonyl (C=O) groups is 1. The number of amides is 1. The molecular weight excluding hydrogens is 614 g/mol. The van der Waals surface area contributed by atoms with E-state index in [1.165, 1.54) is 12.1 Å². The monoisotopic (exact) mass is 652 g/mol. The Morgan fingerprint density at radius 2 is 1.30 bits per heavy atom. The van der Waals surface area contributed by atoms with Gasteiger partial charge in [0.25, 0.3) is 0 Å². The summed E-state index contributed by atoms with van der Waals surface area (Å²) < 4.78 is 37.4. The van der Waals surface area contributed by atoms with Crippen LogP contribution in [0.2, 0.25) is 0 Å². The number of hydrogen-bond acceptors (Lipinski definition) is 5. The topological polar surface area (TPSA) is 132 Å². The maximum Gasteiger partial charge on any atom is 0.412 e. The van der Waals surface area contributed by atoms with E-state index in [0.29, 0.717) is 38.7 Å². The molecule has 5 N–H and O–H groups in total. The zero-order valence-electron chi connectivity index (χ0n) is 26.8. The Morgan fingerprint density at radius 3 is 1.78 bits per heavy atom. The van der Waals surface area contributed by atoms with Crippen LogP contribution in [0.15, 0.2) is 61.4 Å². The first-order valence-electron chi connectivity index (χ1n) is 14.7. The molecule has 244 valence electrons. The molecule has 46 heavy (non-hydrogen) atoms. The van der Waals surface area contributed by atoms with Crippen LogP contribution in [-0.2, 0) is 4.74 Å². The van der Waals surface area contributed by atoms with Crippen molar-refractivity contribution in [3.8, 4) is 22.3 Å². The van der Waals surface area contributed by atoms with Crippen LogP contribution in [0.4, 0.5) is 25.0 Å². The molecule has 4 heterocycles. The van der Waals surface area contributed by atoms with Crippen molar-refractivity contribution in [3.05, 3.63) is 73.1 Å². The van der Waals surface area contributed by atoms with Gasteiger partial charge in [-0.05, 0) is 83.9 Å². The molecule has 0 unspecified atom stereocenters. The highest BCUT2D eigenvalue weighted by atomic mass is 35.5. The van der Waals surface area contributed by atoms with Gasteiger partial charge in [0.1, 0.15) is 17.2 Å². The third-order valence-electron chi connectivity index (χ3n) is 7.08. The van der Waals surface area contributed by atoms with E-state index in [2.05, 4.69) is 25.5 Å². The number of halogens is 3. The number of ether oxygens (including phenoxy) is 1. The third-order valence-corrected chi connectivity index (χ3v) is 7.08. The number of nitrogens with two attached hydrogens (primary N) is 1. The molecule has 0 spiro atoms. The number of aromatic nitrogens is 6. The number of nitrogens with one attached hydrogen (secondary N) is 3.